The van der Waals surface area contributed by atoms with Gasteiger partial charge in [0.05, 0.1) is 11.7 Å². The molecule has 0 radical (unpaired) electrons. The molecular weight excluding hydrogens is 399 g/mol. The largest absolute Gasteiger partial charge is 0.393 e. The van der Waals surface area contributed by atoms with Crippen molar-refractivity contribution in [3.8, 4) is 0 Å². The molecule has 0 aromatic carbocycles. The maximum absolute atomic E-state index is 14.1. The van der Waals surface area contributed by atoms with E-state index in [2.05, 4.69) is 38.7 Å². The van der Waals surface area contributed by atoms with E-state index in [0.717, 1.165) is 37.7 Å². The number of alkyl halides is 1. The maximum atomic E-state index is 14.1. The molecule has 5 atom stereocenters. The predicted molar refractivity (Wildman–Crippen MR) is 132 cm³/mol. The summed E-state index contributed by atoms with van der Waals surface area (Å²) in [5, 5.41) is 20.5. The second-order valence-corrected chi connectivity index (χ2v) is 10.6. The molecule has 3 aliphatic carbocycles. The van der Waals surface area contributed by atoms with Crippen molar-refractivity contribution < 1.29 is 14.6 Å². The van der Waals surface area contributed by atoms with Crippen LogP contribution in [0.15, 0.2) is 59.3 Å². The van der Waals surface area contributed by atoms with E-state index in [9.17, 15) is 14.6 Å². The summed E-state index contributed by atoms with van der Waals surface area (Å²) in [7, 11) is 0. The molecule has 2 nitrogen and oxygen atoms in total. The Labute approximate surface area is 194 Å². The van der Waals surface area contributed by atoms with Crippen molar-refractivity contribution in [1.82, 2.24) is 0 Å². The zero-order valence-electron chi connectivity index (χ0n) is 20.5. The molecule has 0 heterocycles. The number of allylic oxidation sites excluding steroid dienone is 7. The summed E-state index contributed by atoms with van der Waals surface area (Å²) < 4.78 is 14.1. The second kappa shape index (κ2) is 10.2. The first kappa shape index (κ1) is 25.2. The highest BCUT2D eigenvalue weighted by Gasteiger charge is 2.45. The van der Waals surface area contributed by atoms with E-state index < -0.39 is 17.9 Å². The van der Waals surface area contributed by atoms with Crippen molar-refractivity contribution in [1.29, 1.82) is 0 Å². The number of rotatable bonds is 7. The van der Waals surface area contributed by atoms with Gasteiger partial charge in [0.15, 0.2) is 0 Å². The summed E-state index contributed by atoms with van der Waals surface area (Å²) in [6.07, 6.45) is 16.8. The van der Waals surface area contributed by atoms with E-state index in [1.807, 2.05) is 26.0 Å². The lowest BCUT2D eigenvalue weighted by atomic mass is 9.62. The zero-order valence-corrected chi connectivity index (χ0v) is 20.5. The Kier molecular flexibility index (Phi) is 8.04. The van der Waals surface area contributed by atoms with Crippen LogP contribution in [0.4, 0.5) is 4.39 Å². The highest BCUT2D eigenvalue weighted by molar-refractivity contribution is 5.40. The fourth-order valence-electron chi connectivity index (χ4n) is 6.15. The smallest absolute Gasteiger partial charge is 0.127 e. The van der Waals surface area contributed by atoms with Crippen molar-refractivity contribution >= 4 is 0 Å². The van der Waals surface area contributed by atoms with Crippen molar-refractivity contribution in [3.63, 3.8) is 0 Å². The molecule has 0 aromatic rings. The monoisotopic (exact) mass is 442 g/mol. The Morgan fingerprint density at radius 1 is 1.31 bits per heavy atom. The highest BCUT2D eigenvalue weighted by Crippen LogP contribution is 2.57. The minimum absolute atomic E-state index is 0.168. The fourth-order valence-corrected chi connectivity index (χ4v) is 6.15. The molecule has 3 rings (SSSR count). The average Bonchev–Trinajstić information content (AvgIpc) is 3.12. The van der Waals surface area contributed by atoms with E-state index in [4.69, 9.17) is 0 Å². The molecular formula is C29H43FO2. The lowest BCUT2D eigenvalue weighted by Gasteiger charge is -2.42. The van der Waals surface area contributed by atoms with Crippen LogP contribution in [-0.4, -0.2) is 28.1 Å². The van der Waals surface area contributed by atoms with Crippen molar-refractivity contribution in [2.45, 2.75) is 103 Å². The van der Waals surface area contributed by atoms with Gasteiger partial charge >= 0.3 is 0 Å². The molecule has 178 valence electrons. The molecule has 0 amide bonds. The van der Waals surface area contributed by atoms with Gasteiger partial charge in [-0.2, -0.15) is 0 Å². The van der Waals surface area contributed by atoms with E-state index in [0.29, 0.717) is 23.8 Å². The molecule has 32 heavy (non-hydrogen) atoms. The molecule has 0 saturated heterocycles. The normalized spacial score (nSPS) is 34.9. The number of hydrogen-bond acceptors (Lipinski definition) is 2. The van der Waals surface area contributed by atoms with Crippen LogP contribution in [0.25, 0.3) is 0 Å². The van der Waals surface area contributed by atoms with Crippen LogP contribution in [0.2, 0.25) is 0 Å². The lowest BCUT2D eigenvalue weighted by molar-refractivity contribution is 0.0824. The summed E-state index contributed by atoms with van der Waals surface area (Å²) in [6, 6.07) is 0. The van der Waals surface area contributed by atoms with Crippen LogP contribution < -0.4 is 0 Å². The average molecular weight is 443 g/mol. The van der Waals surface area contributed by atoms with E-state index in [1.54, 1.807) is 5.57 Å². The maximum Gasteiger partial charge on any atom is 0.127 e. The molecule has 3 aliphatic rings. The molecule has 0 aliphatic heterocycles. The van der Waals surface area contributed by atoms with Crippen LogP contribution in [0.3, 0.4) is 0 Å². The van der Waals surface area contributed by atoms with Gasteiger partial charge in [0.25, 0.3) is 0 Å². The third kappa shape index (κ3) is 5.20. The number of aliphatic hydroxyl groups excluding tert-OH is 1. The predicted octanol–water partition coefficient (Wildman–Crippen LogP) is 7.16. The van der Waals surface area contributed by atoms with Gasteiger partial charge in [-0.15, -0.1) is 0 Å². The van der Waals surface area contributed by atoms with Gasteiger partial charge in [0, 0.05) is 6.42 Å². The minimum atomic E-state index is -1.13. The Bertz CT molecular complexity index is 813. The summed E-state index contributed by atoms with van der Waals surface area (Å²) in [6.45, 7) is 12.7. The summed E-state index contributed by atoms with van der Waals surface area (Å²) in [5.74, 6) is 0.957. The van der Waals surface area contributed by atoms with Crippen molar-refractivity contribution in [3.05, 3.63) is 59.3 Å². The molecule has 2 N–H and O–H groups in total. The quantitative estimate of drug-likeness (QED) is 0.411. The first-order valence-electron chi connectivity index (χ1n) is 12.6. The molecule has 0 aromatic heterocycles. The molecule has 2 saturated carbocycles. The topological polar surface area (TPSA) is 40.5 Å². The number of aliphatic hydroxyl groups is 2. The van der Waals surface area contributed by atoms with Crippen LogP contribution in [0.1, 0.15) is 85.5 Å². The Morgan fingerprint density at radius 2 is 2.03 bits per heavy atom. The van der Waals surface area contributed by atoms with Crippen LogP contribution in [-0.2, 0) is 0 Å². The third-order valence-electron chi connectivity index (χ3n) is 8.51. The number of hydrogen-bond donors (Lipinski definition) is 2. The molecule has 2 fully saturated rings. The standard InChI is InChI=1S/C29H43FO2/c1-6-29(32,7-2)17-8-10-20(3)25-14-15-26-22(11-9-16-28(25,26)5)12-13-23-18-24(31)19-27(30)21(23)4/h8,12-14,17,20,24,26-27,31-32H,4,6-7,9-11,15-16,18-19H2,1-3,5H3/t20-,24+,26?,27-,28+/m0/s1. The SMILES string of the molecule is C=C1C(=CC=C2CCC[C@]3(C)C([C@@H](C)CC=CC(O)(CC)CC)=CCC23)C[C@@H](O)C[C@@H]1F. The van der Waals surface area contributed by atoms with E-state index in [1.165, 1.54) is 18.4 Å². The Balaban J connectivity index is 1.73. The van der Waals surface area contributed by atoms with Gasteiger partial charge in [-0.05, 0) is 79.8 Å². The van der Waals surface area contributed by atoms with Gasteiger partial charge < -0.3 is 10.2 Å². The second-order valence-electron chi connectivity index (χ2n) is 10.6. The Morgan fingerprint density at radius 3 is 2.72 bits per heavy atom. The van der Waals surface area contributed by atoms with E-state index >= 15 is 0 Å². The van der Waals surface area contributed by atoms with E-state index in [-0.39, 0.29) is 11.8 Å². The van der Waals surface area contributed by atoms with Gasteiger partial charge in [-0.1, -0.05) is 75.8 Å². The Hall–Kier alpha value is -1.45. The van der Waals surface area contributed by atoms with Crippen LogP contribution >= 0.6 is 0 Å². The first-order chi connectivity index (χ1) is 15.1. The van der Waals surface area contributed by atoms with Gasteiger partial charge in [0.1, 0.15) is 6.17 Å². The zero-order chi connectivity index (χ0) is 23.5. The first-order valence-corrected chi connectivity index (χ1v) is 12.6. The van der Waals surface area contributed by atoms with Gasteiger partial charge in [-0.3, -0.25) is 0 Å². The third-order valence-corrected chi connectivity index (χ3v) is 8.51. The highest BCUT2D eigenvalue weighted by atomic mass is 19.1. The molecule has 0 spiro atoms. The lowest BCUT2D eigenvalue weighted by Crippen LogP contribution is -2.32. The molecule has 0 bridgehead atoms. The summed E-state index contributed by atoms with van der Waals surface area (Å²) in [5.41, 5.74) is 3.90. The van der Waals surface area contributed by atoms with Gasteiger partial charge in [0.2, 0.25) is 0 Å². The van der Waals surface area contributed by atoms with Crippen molar-refractivity contribution in [2.75, 3.05) is 0 Å². The van der Waals surface area contributed by atoms with Gasteiger partial charge in [-0.25, -0.2) is 4.39 Å². The summed E-state index contributed by atoms with van der Waals surface area (Å²) in [4.78, 5) is 0. The molecule has 3 heteroatoms. The van der Waals surface area contributed by atoms with Crippen molar-refractivity contribution in [2.24, 2.45) is 17.3 Å². The van der Waals surface area contributed by atoms with Crippen LogP contribution in [0, 0.1) is 17.3 Å². The van der Waals surface area contributed by atoms with Crippen LogP contribution in [0.5, 0.6) is 0 Å². The fraction of sp³-hybridized carbons (Fsp3) is 0.655. The minimum Gasteiger partial charge on any atom is -0.393 e. The number of halogens is 1. The summed E-state index contributed by atoms with van der Waals surface area (Å²) >= 11 is 0. The molecule has 1 unspecified atom stereocenters. The number of fused-ring (bicyclic) bond motifs is 1.